The van der Waals surface area contributed by atoms with Crippen LogP contribution in [0, 0.1) is 0 Å². The van der Waals surface area contributed by atoms with Crippen LogP contribution in [0.5, 0.6) is 17.2 Å². The van der Waals surface area contributed by atoms with Crippen molar-refractivity contribution >= 4 is 0 Å². The lowest BCUT2D eigenvalue weighted by Gasteiger charge is -2.53. The third kappa shape index (κ3) is 1.44. The average molecular weight is 366 g/mol. The molecule has 3 N–H and O–H groups in total. The Morgan fingerprint density at radius 1 is 0.963 bits per heavy atom. The smallest absolute Gasteiger partial charge is 0.274 e. The number of phenols is 1. The molecule has 5 aliphatic rings. The molecular weight excluding hydrogens is 352 g/mol. The van der Waals surface area contributed by atoms with Crippen molar-refractivity contribution < 1.29 is 34.3 Å². The van der Waals surface area contributed by atoms with Crippen LogP contribution in [0.1, 0.15) is 34.5 Å². The second kappa shape index (κ2) is 4.13. The molecule has 6 atom stereocenters. The molecule has 1 saturated heterocycles. The Balaban J connectivity index is 1.59. The number of benzene rings is 2. The van der Waals surface area contributed by atoms with Crippen molar-refractivity contribution in [2.45, 2.75) is 36.0 Å². The molecule has 2 aromatic carbocycles. The molecule has 2 aromatic rings. The first-order valence-electron chi connectivity index (χ1n) is 8.83. The van der Waals surface area contributed by atoms with E-state index in [1.807, 2.05) is 6.07 Å². The Labute approximate surface area is 153 Å². The van der Waals surface area contributed by atoms with Crippen molar-refractivity contribution in [3.05, 3.63) is 64.7 Å². The van der Waals surface area contributed by atoms with E-state index < -0.39 is 36.0 Å². The van der Waals surface area contributed by atoms with Gasteiger partial charge < -0.3 is 29.5 Å². The largest absolute Gasteiger partial charge is 0.508 e. The van der Waals surface area contributed by atoms with Crippen LogP contribution < -0.4 is 9.47 Å². The third-order valence-corrected chi connectivity index (χ3v) is 6.09. The van der Waals surface area contributed by atoms with Crippen LogP contribution in [0.2, 0.25) is 0 Å². The van der Waals surface area contributed by atoms with E-state index >= 15 is 0 Å². The Morgan fingerprint density at radius 2 is 1.81 bits per heavy atom. The van der Waals surface area contributed by atoms with Crippen LogP contribution in [0.3, 0.4) is 0 Å². The maximum Gasteiger partial charge on any atom is 0.274 e. The predicted octanol–water partition coefficient (Wildman–Crippen LogP) is 1.62. The quantitative estimate of drug-likeness (QED) is 0.481. The monoisotopic (exact) mass is 366 g/mol. The van der Waals surface area contributed by atoms with E-state index in [9.17, 15) is 15.3 Å². The molecule has 2 spiro atoms. The molecule has 27 heavy (non-hydrogen) atoms. The fourth-order valence-corrected chi connectivity index (χ4v) is 4.95. The van der Waals surface area contributed by atoms with Crippen molar-refractivity contribution in [3.63, 3.8) is 0 Å². The van der Waals surface area contributed by atoms with Crippen molar-refractivity contribution in [2.24, 2.45) is 0 Å². The number of aliphatic hydroxyl groups excluding tert-OH is 2. The normalized spacial score (nSPS) is 40.8. The molecule has 7 heteroatoms. The molecule has 0 amide bonds. The minimum atomic E-state index is -1.34. The number of aliphatic hydroxyl groups is 2. The highest BCUT2D eigenvalue weighted by molar-refractivity contribution is 5.61. The van der Waals surface area contributed by atoms with Gasteiger partial charge in [-0.3, -0.25) is 4.74 Å². The lowest BCUT2D eigenvalue weighted by atomic mass is 9.79. The molecular formula is C20H14O7. The van der Waals surface area contributed by atoms with E-state index in [-0.39, 0.29) is 5.75 Å². The van der Waals surface area contributed by atoms with Gasteiger partial charge in [0.05, 0.1) is 17.2 Å². The summed E-state index contributed by atoms with van der Waals surface area (Å²) in [4.78, 5) is 0. The highest BCUT2D eigenvalue weighted by Crippen LogP contribution is 2.66. The number of epoxide rings is 1. The molecule has 3 heterocycles. The standard InChI is InChI=1S/C20H14O7/c21-9-6-7-19-14-8(9)2-1-3-11(14)26-20(27-19)15-12(25-19)5-4-10(22)13(15)16(23)17-18(20)24-17/h1-7,9,16-18,21-23H. The first kappa shape index (κ1) is 14.5. The molecule has 6 unspecified atom stereocenters. The summed E-state index contributed by atoms with van der Waals surface area (Å²) in [7, 11) is 0. The zero-order chi connectivity index (χ0) is 18.1. The Morgan fingerprint density at radius 3 is 2.70 bits per heavy atom. The van der Waals surface area contributed by atoms with E-state index in [0.29, 0.717) is 33.8 Å². The van der Waals surface area contributed by atoms with Crippen LogP contribution >= 0.6 is 0 Å². The van der Waals surface area contributed by atoms with E-state index in [1.165, 1.54) is 6.07 Å². The van der Waals surface area contributed by atoms with E-state index in [4.69, 9.17) is 18.9 Å². The summed E-state index contributed by atoms with van der Waals surface area (Å²) in [6.45, 7) is 0. The summed E-state index contributed by atoms with van der Waals surface area (Å²) in [6.07, 6.45) is 0.476. The summed E-state index contributed by atoms with van der Waals surface area (Å²) in [5.41, 5.74) is 2.03. The number of aromatic hydroxyl groups is 1. The fourth-order valence-electron chi connectivity index (χ4n) is 4.95. The summed E-state index contributed by atoms with van der Waals surface area (Å²) in [6, 6.07) is 8.53. The zero-order valence-corrected chi connectivity index (χ0v) is 13.8. The Bertz CT molecular complexity index is 1080. The molecule has 1 fully saturated rings. The first-order valence-corrected chi connectivity index (χ1v) is 8.83. The van der Waals surface area contributed by atoms with Crippen LogP contribution in [0.4, 0.5) is 0 Å². The van der Waals surface area contributed by atoms with Crippen LogP contribution in [0.15, 0.2) is 42.5 Å². The van der Waals surface area contributed by atoms with Crippen LogP contribution in [0.25, 0.3) is 0 Å². The SMILES string of the molecule is Oc1ccc2c3c1C(O)C1OC1C31Oc3cccc4c3C(C=CC4O)(O2)O1. The number of fused-ring (bicyclic) bond motifs is 1. The number of ether oxygens (including phenoxy) is 4. The highest BCUT2D eigenvalue weighted by atomic mass is 16.8. The summed E-state index contributed by atoms with van der Waals surface area (Å²) >= 11 is 0. The number of hydrogen-bond acceptors (Lipinski definition) is 7. The molecule has 3 aliphatic heterocycles. The van der Waals surface area contributed by atoms with Gasteiger partial charge in [0.1, 0.15) is 29.5 Å². The maximum absolute atomic E-state index is 10.6. The van der Waals surface area contributed by atoms with Crippen molar-refractivity contribution in [3.8, 4) is 17.2 Å². The zero-order valence-electron chi connectivity index (χ0n) is 13.8. The van der Waals surface area contributed by atoms with Gasteiger partial charge in [0.2, 0.25) is 0 Å². The first-order chi connectivity index (χ1) is 13.0. The Hall–Kier alpha value is -2.58. The van der Waals surface area contributed by atoms with E-state index in [0.717, 1.165) is 0 Å². The maximum atomic E-state index is 10.6. The number of rotatable bonds is 0. The van der Waals surface area contributed by atoms with Gasteiger partial charge in [0.15, 0.2) is 6.10 Å². The molecule has 0 radical (unpaired) electrons. The lowest BCUT2D eigenvalue weighted by Crippen LogP contribution is -2.60. The molecule has 0 aromatic heterocycles. The molecule has 2 bridgehead atoms. The second-order valence-corrected chi connectivity index (χ2v) is 7.50. The van der Waals surface area contributed by atoms with Gasteiger partial charge in [-0.25, -0.2) is 0 Å². The van der Waals surface area contributed by atoms with Crippen molar-refractivity contribution in [1.82, 2.24) is 0 Å². The summed E-state index contributed by atoms with van der Waals surface area (Å²) in [5, 5.41) is 31.4. The van der Waals surface area contributed by atoms with Gasteiger partial charge >= 0.3 is 0 Å². The average Bonchev–Trinajstić information content (AvgIpc) is 3.46. The number of phenolic OH excluding ortho intramolecular Hbond substituents is 1. The van der Waals surface area contributed by atoms with Gasteiger partial charge in [0.25, 0.3) is 11.6 Å². The van der Waals surface area contributed by atoms with Gasteiger partial charge in [-0.1, -0.05) is 12.1 Å². The molecule has 2 aliphatic carbocycles. The lowest BCUT2D eigenvalue weighted by molar-refractivity contribution is -0.347. The molecule has 136 valence electrons. The molecule has 7 rings (SSSR count). The number of hydrogen-bond donors (Lipinski definition) is 3. The molecule has 7 nitrogen and oxygen atoms in total. The van der Waals surface area contributed by atoms with Crippen molar-refractivity contribution in [2.75, 3.05) is 0 Å². The minimum absolute atomic E-state index is 0.0597. The summed E-state index contributed by atoms with van der Waals surface area (Å²) in [5.74, 6) is -1.71. The minimum Gasteiger partial charge on any atom is -0.508 e. The fraction of sp³-hybridized carbons (Fsp3) is 0.300. The van der Waals surface area contributed by atoms with Gasteiger partial charge in [0, 0.05) is 5.56 Å². The highest BCUT2D eigenvalue weighted by Gasteiger charge is 2.74. The predicted molar refractivity (Wildman–Crippen MR) is 88.0 cm³/mol. The second-order valence-electron chi connectivity index (χ2n) is 7.50. The topological polar surface area (TPSA) is 101 Å². The van der Waals surface area contributed by atoms with Gasteiger partial charge in [-0.2, -0.15) is 0 Å². The summed E-state index contributed by atoms with van der Waals surface area (Å²) < 4.78 is 24.8. The Kier molecular flexibility index (Phi) is 2.21. The van der Waals surface area contributed by atoms with E-state index in [2.05, 4.69) is 0 Å². The van der Waals surface area contributed by atoms with Crippen molar-refractivity contribution in [1.29, 1.82) is 0 Å². The third-order valence-electron chi connectivity index (χ3n) is 6.09. The van der Waals surface area contributed by atoms with Gasteiger partial charge in [-0.05, 0) is 35.9 Å². The van der Waals surface area contributed by atoms with Gasteiger partial charge in [-0.15, -0.1) is 0 Å². The van der Waals surface area contributed by atoms with E-state index in [1.54, 1.807) is 30.4 Å². The van der Waals surface area contributed by atoms with Crippen LogP contribution in [-0.4, -0.2) is 27.5 Å². The van der Waals surface area contributed by atoms with Crippen LogP contribution in [-0.2, 0) is 21.0 Å². The molecule has 0 saturated carbocycles.